The first-order chi connectivity index (χ1) is 25.8. The maximum Gasteiger partial charge on any atom is 0.306 e. The zero-order valence-corrected chi connectivity index (χ0v) is 31.3. The highest BCUT2D eigenvalue weighted by Gasteiger charge is 2.60. The molecule has 0 bridgehead atoms. The van der Waals surface area contributed by atoms with E-state index in [-0.39, 0.29) is 47.1 Å². The molecule has 1 amide bonds. The minimum absolute atomic E-state index is 0.00487. The summed E-state index contributed by atoms with van der Waals surface area (Å²) in [6.45, 7) is 5.72. The van der Waals surface area contributed by atoms with E-state index in [1.165, 1.54) is 30.3 Å². The van der Waals surface area contributed by atoms with Gasteiger partial charge in [0.25, 0.3) is 18.3 Å². The van der Waals surface area contributed by atoms with E-state index in [1.807, 2.05) is 31.6 Å². The highest BCUT2D eigenvalue weighted by atomic mass is 35.5. The number of hydrogen-bond acceptors (Lipinski definition) is 8. The van der Waals surface area contributed by atoms with Crippen molar-refractivity contribution in [2.75, 3.05) is 6.61 Å². The lowest BCUT2D eigenvalue weighted by Gasteiger charge is -2.35. The van der Waals surface area contributed by atoms with E-state index in [0.29, 0.717) is 17.2 Å². The molecule has 2 aromatic heterocycles. The zero-order chi connectivity index (χ0) is 39.7. The summed E-state index contributed by atoms with van der Waals surface area (Å²) >= 11 is 6.46. The average molecular weight is 787 g/mol. The van der Waals surface area contributed by atoms with Crippen LogP contribution in [0, 0.1) is 16.6 Å². The number of halogens is 6. The molecule has 2 saturated carbocycles. The number of nitrogens with two attached hydrogens (primary N) is 1. The molecule has 3 heterocycles. The molecule has 0 spiro atoms. The molecule has 3 aliphatic rings. The molecule has 2 aromatic carbocycles. The summed E-state index contributed by atoms with van der Waals surface area (Å²) in [6.07, 6.45) is 3.12. The molecular weight excluding hydrogens is 747 g/mol. The van der Waals surface area contributed by atoms with Crippen LogP contribution in [-0.2, 0) is 19.9 Å². The second kappa shape index (κ2) is 13.7. The van der Waals surface area contributed by atoms with Gasteiger partial charge in [-0.25, -0.2) is 36.6 Å². The molecule has 0 saturated heterocycles. The fraction of sp³-hybridized carbons (Fsp3) is 0.474. The summed E-state index contributed by atoms with van der Waals surface area (Å²) in [5.74, 6) is -6.59. The predicted molar refractivity (Wildman–Crippen MR) is 192 cm³/mol. The zero-order valence-electron chi connectivity index (χ0n) is 30.6. The van der Waals surface area contributed by atoms with E-state index in [4.69, 9.17) is 22.1 Å². The van der Waals surface area contributed by atoms with E-state index < -0.39 is 71.3 Å². The number of alkyl halides is 4. The Morgan fingerprint density at radius 1 is 1.07 bits per heavy atom. The smallest absolute Gasteiger partial charge is 0.306 e. The second-order valence-electron chi connectivity index (χ2n) is 16.0. The SMILES string of the molecule is CC(C)(C)C[C@]1(c2ccc(-c3cnn(C4CC4)c3)cc2F)N=C(N)N([C@H](COC(=O)CC2(C(C)(F)F)CC2)c2ccc(Cl)c(-n3ncnc3C(F)F)c2)C1=O. The third kappa shape index (κ3) is 7.32. The van der Waals surface area contributed by atoms with Crippen molar-refractivity contribution in [3.63, 3.8) is 0 Å². The standard InChI is InChI=1S/C38H40ClF5N8O3/c1-35(2,3)19-38(25-9-5-21(13-27(25)40)23-16-47-50(17-23)24-7-8-24)33(54)51(34(45)49-38)29(18-55-30(53)15-37(11-12-37)36(4,43)44)22-6-10-26(39)28(14-22)52-32(31(41)42)46-20-48-52/h5-6,9-10,13-14,16-17,20,24,29,31H,7-8,11-12,15,18-19H2,1-4H3,(H2,45,49)/t29-,38-/m1/s1. The van der Waals surface area contributed by atoms with Gasteiger partial charge in [0.1, 0.15) is 18.8 Å². The number of carbonyl (C=O) groups excluding carboxylic acids is 2. The summed E-state index contributed by atoms with van der Waals surface area (Å²) in [7, 11) is 0. The fourth-order valence-electron chi connectivity index (χ4n) is 7.34. The first-order valence-electron chi connectivity index (χ1n) is 17.9. The third-order valence-electron chi connectivity index (χ3n) is 10.5. The van der Waals surface area contributed by atoms with Crippen molar-refractivity contribution in [1.82, 2.24) is 29.4 Å². The minimum atomic E-state index is -3.14. The molecule has 0 unspecified atom stereocenters. The molecule has 55 heavy (non-hydrogen) atoms. The Hall–Kier alpha value is -4.86. The lowest BCUT2D eigenvalue weighted by atomic mass is 9.75. The summed E-state index contributed by atoms with van der Waals surface area (Å²) in [5, 5.41) is 8.30. The monoisotopic (exact) mass is 786 g/mol. The van der Waals surface area contributed by atoms with Gasteiger partial charge in [0.2, 0.25) is 0 Å². The van der Waals surface area contributed by atoms with Gasteiger partial charge in [-0.1, -0.05) is 50.6 Å². The van der Waals surface area contributed by atoms with Gasteiger partial charge in [0, 0.05) is 22.7 Å². The first kappa shape index (κ1) is 38.4. The van der Waals surface area contributed by atoms with Crippen molar-refractivity contribution in [3.8, 4) is 16.8 Å². The number of benzene rings is 2. The van der Waals surface area contributed by atoms with Gasteiger partial charge < -0.3 is 10.5 Å². The van der Waals surface area contributed by atoms with Crippen LogP contribution in [-0.4, -0.2) is 59.8 Å². The molecule has 17 heteroatoms. The Labute approximate surface area is 318 Å². The molecule has 2 N–H and O–H groups in total. The number of hydrogen-bond donors (Lipinski definition) is 1. The van der Waals surface area contributed by atoms with Crippen LogP contribution in [0.5, 0.6) is 0 Å². The molecule has 11 nitrogen and oxygen atoms in total. The van der Waals surface area contributed by atoms with Crippen molar-refractivity contribution in [3.05, 3.63) is 82.9 Å². The van der Waals surface area contributed by atoms with Crippen LogP contribution in [0.4, 0.5) is 22.0 Å². The van der Waals surface area contributed by atoms with Gasteiger partial charge >= 0.3 is 5.97 Å². The quantitative estimate of drug-likeness (QED) is 0.107. The second-order valence-corrected chi connectivity index (χ2v) is 16.4. The number of aromatic nitrogens is 5. The number of guanidine groups is 1. The highest BCUT2D eigenvalue weighted by molar-refractivity contribution is 6.32. The van der Waals surface area contributed by atoms with Gasteiger partial charge in [0.05, 0.1) is 35.4 Å². The van der Waals surface area contributed by atoms with Gasteiger partial charge in [-0.05, 0) is 73.8 Å². The Kier molecular flexibility index (Phi) is 9.58. The first-order valence-corrected chi connectivity index (χ1v) is 18.3. The molecule has 2 atom stereocenters. The van der Waals surface area contributed by atoms with Crippen LogP contribution in [0.1, 0.15) is 102 Å². The Bertz CT molecular complexity index is 2170. The normalized spacial score (nSPS) is 20.2. The highest BCUT2D eigenvalue weighted by Crippen LogP contribution is 2.59. The number of nitrogens with zero attached hydrogens (tertiary/aromatic N) is 7. The van der Waals surface area contributed by atoms with Crippen LogP contribution < -0.4 is 5.73 Å². The molecule has 7 rings (SSSR count). The predicted octanol–water partition coefficient (Wildman–Crippen LogP) is 8.09. The molecule has 2 fully saturated rings. The molecule has 2 aliphatic carbocycles. The largest absolute Gasteiger partial charge is 0.463 e. The molecule has 292 valence electrons. The number of ether oxygens (including phenoxy) is 1. The fourth-order valence-corrected chi connectivity index (χ4v) is 7.53. The summed E-state index contributed by atoms with van der Waals surface area (Å²) in [4.78, 5) is 37.5. The number of esters is 1. The van der Waals surface area contributed by atoms with Crippen molar-refractivity contribution in [1.29, 1.82) is 0 Å². The average Bonchev–Trinajstić information content (AvgIpc) is 3.97. The lowest BCUT2D eigenvalue weighted by molar-refractivity contribution is -0.153. The van der Waals surface area contributed by atoms with E-state index in [2.05, 4.69) is 20.2 Å². The topological polar surface area (TPSA) is 134 Å². The molecule has 4 aromatic rings. The minimum Gasteiger partial charge on any atom is -0.463 e. The molecule has 0 radical (unpaired) electrons. The van der Waals surface area contributed by atoms with Crippen LogP contribution in [0.3, 0.4) is 0 Å². The number of amides is 1. The van der Waals surface area contributed by atoms with Crippen molar-refractivity contribution in [2.45, 2.75) is 96.2 Å². The Balaban J connectivity index is 1.28. The van der Waals surface area contributed by atoms with Gasteiger partial charge in [0.15, 0.2) is 17.3 Å². The van der Waals surface area contributed by atoms with E-state index in [0.717, 1.165) is 35.7 Å². The van der Waals surface area contributed by atoms with Crippen molar-refractivity contribution >= 4 is 29.4 Å². The van der Waals surface area contributed by atoms with Crippen LogP contribution in [0.15, 0.2) is 60.1 Å². The van der Waals surface area contributed by atoms with Crippen LogP contribution in [0.25, 0.3) is 16.8 Å². The van der Waals surface area contributed by atoms with E-state index in [9.17, 15) is 22.4 Å². The number of carbonyl (C=O) groups is 2. The van der Waals surface area contributed by atoms with Gasteiger partial charge in [-0.2, -0.15) is 10.2 Å². The Morgan fingerprint density at radius 2 is 1.80 bits per heavy atom. The Morgan fingerprint density at radius 3 is 2.42 bits per heavy atom. The van der Waals surface area contributed by atoms with E-state index >= 15 is 9.18 Å². The van der Waals surface area contributed by atoms with Gasteiger partial charge in [-0.15, -0.1) is 0 Å². The van der Waals surface area contributed by atoms with E-state index in [1.54, 1.807) is 12.3 Å². The maximum absolute atomic E-state index is 16.5. The third-order valence-corrected chi connectivity index (χ3v) is 10.8. The maximum atomic E-state index is 16.5. The molecule has 1 aliphatic heterocycles. The lowest BCUT2D eigenvalue weighted by Crippen LogP contribution is -2.47. The van der Waals surface area contributed by atoms with Crippen molar-refractivity contribution < 1.29 is 36.3 Å². The number of rotatable bonds is 13. The van der Waals surface area contributed by atoms with Crippen LogP contribution >= 0.6 is 11.6 Å². The summed E-state index contributed by atoms with van der Waals surface area (Å²) in [6, 6.07) is 7.70. The molecular formula is C38H40ClF5N8O3. The number of aliphatic imine (C=N–C) groups is 1. The van der Waals surface area contributed by atoms with Crippen LogP contribution in [0.2, 0.25) is 5.02 Å². The van der Waals surface area contributed by atoms with Gasteiger partial charge in [-0.3, -0.25) is 19.2 Å². The summed E-state index contributed by atoms with van der Waals surface area (Å²) in [5.41, 5.74) is 3.86. The summed E-state index contributed by atoms with van der Waals surface area (Å²) < 4.78 is 81.4. The van der Waals surface area contributed by atoms with Crippen molar-refractivity contribution in [2.24, 2.45) is 21.6 Å².